The standard InChI is InChI=1S/C12H17NO2S.C2HF3O2/c1-7(12(14)15)6-13-9(3)11-5-8(2)16-10(11)4;3-2(4,5)1(6)7/h5,9,13H,1,6H2,2-4H3,(H,14,15);(H,6,7). The molecule has 1 aromatic heterocycles. The molecule has 23 heavy (non-hydrogen) atoms. The topological polar surface area (TPSA) is 86.6 Å². The van der Waals surface area contributed by atoms with Gasteiger partial charge >= 0.3 is 18.1 Å². The molecule has 0 spiro atoms. The lowest BCUT2D eigenvalue weighted by molar-refractivity contribution is -0.192. The molecule has 0 bridgehead atoms. The Hall–Kier alpha value is -1.87. The number of alkyl halides is 3. The number of hydrogen-bond donors (Lipinski definition) is 3. The zero-order valence-corrected chi connectivity index (χ0v) is 13.6. The van der Waals surface area contributed by atoms with Crippen molar-refractivity contribution in [1.29, 1.82) is 0 Å². The van der Waals surface area contributed by atoms with Gasteiger partial charge in [-0.05, 0) is 32.4 Å². The molecule has 0 aliphatic carbocycles. The van der Waals surface area contributed by atoms with E-state index in [1.54, 1.807) is 11.3 Å². The van der Waals surface area contributed by atoms with Gasteiger partial charge in [0.25, 0.3) is 0 Å². The van der Waals surface area contributed by atoms with Crippen LogP contribution in [-0.4, -0.2) is 34.9 Å². The fourth-order valence-electron chi connectivity index (χ4n) is 1.54. The van der Waals surface area contributed by atoms with E-state index in [1.165, 1.54) is 15.3 Å². The lowest BCUT2D eigenvalue weighted by atomic mass is 10.1. The largest absolute Gasteiger partial charge is 0.490 e. The number of aryl methyl sites for hydroxylation is 2. The van der Waals surface area contributed by atoms with Crippen molar-refractivity contribution in [3.05, 3.63) is 33.5 Å². The second kappa shape index (κ2) is 8.68. The number of aliphatic carboxylic acids is 2. The van der Waals surface area contributed by atoms with Gasteiger partial charge in [0, 0.05) is 27.9 Å². The van der Waals surface area contributed by atoms with Crippen molar-refractivity contribution in [2.24, 2.45) is 0 Å². The van der Waals surface area contributed by atoms with E-state index >= 15 is 0 Å². The van der Waals surface area contributed by atoms with Crippen LogP contribution >= 0.6 is 11.3 Å². The Morgan fingerprint density at radius 2 is 1.83 bits per heavy atom. The second-order valence-corrected chi connectivity index (χ2v) is 6.14. The molecule has 0 saturated carbocycles. The molecule has 1 unspecified atom stereocenters. The molecule has 1 aromatic rings. The molecule has 1 atom stereocenters. The Bertz CT molecular complexity index is 581. The lowest BCUT2D eigenvalue weighted by Gasteiger charge is -2.13. The van der Waals surface area contributed by atoms with Gasteiger partial charge in [-0.15, -0.1) is 11.3 Å². The summed E-state index contributed by atoms with van der Waals surface area (Å²) in [5, 5.41) is 19.0. The van der Waals surface area contributed by atoms with Gasteiger partial charge in [-0.2, -0.15) is 13.2 Å². The second-order valence-electron chi connectivity index (χ2n) is 4.68. The average Bonchev–Trinajstić information content (AvgIpc) is 2.74. The molecular weight excluding hydrogens is 335 g/mol. The van der Waals surface area contributed by atoms with Crippen LogP contribution in [0.1, 0.15) is 28.3 Å². The summed E-state index contributed by atoms with van der Waals surface area (Å²) in [6.07, 6.45) is -5.08. The molecule has 0 aliphatic heterocycles. The third-order valence-electron chi connectivity index (χ3n) is 2.71. The van der Waals surface area contributed by atoms with Gasteiger partial charge in [0.1, 0.15) is 0 Å². The highest BCUT2D eigenvalue weighted by Crippen LogP contribution is 2.26. The Morgan fingerprint density at radius 3 is 2.13 bits per heavy atom. The molecule has 1 rings (SSSR count). The molecule has 0 radical (unpaired) electrons. The molecule has 0 aromatic carbocycles. The Kier molecular flexibility index (Phi) is 7.98. The third-order valence-corrected chi connectivity index (χ3v) is 3.69. The van der Waals surface area contributed by atoms with Crippen molar-refractivity contribution in [2.45, 2.75) is 33.0 Å². The highest BCUT2D eigenvalue weighted by Gasteiger charge is 2.38. The fourth-order valence-corrected chi connectivity index (χ4v) is 2.56. The molecule has 0 amide bonds. The summed E-state index contributed by atoms with van der Waals surface area (Å²) in [7, 11) is 0. The van der Waals surface area contributed by atoms with E-state index in [0.717, 1.165) is 0 Å². The van der Waals surface area contributed by atoms with Crippen LogP contribution < -0.4 is 5.32 Å². The number of carboxylic acids is 2. The summed E-state index contributed by atoms with van der Waals surface area (Å²) >= 11 is 1.76. The minimum absolute atomic E-state index is 0.154. The van der Waals surface area contributed by atoms with Gasteiger partial charge in [-0.3, -0.25) is 0 Å². The first-order valence-corrected chi connectivity index (χ1v) is 7.19. The van der Waals surface area contributed by atoms with Crippen molar-refractivity contribution in [3.63, 3.8) is 0 Å². The fraction of sp³-hybridized carbons (Fsp3) is 0.429. The smallest absolute Gasteiger partial charge is 0.478 e. The van der Waals surface area contributed by atoms with Gasteiger partial charge in [-0.25, -0.2) is 9.59 Å². The summed E-state index contributed by atoms with van der Waals surface area (Å²) < 4.78 is 31.7. The SMILES string of the molecule is C=C(CNC(C)c1cc(C)sc1C)C(=O)O.O=C(O)C(F)(F)F. The summed E-state index contributed by atoms with van der Waals surface area (Å²) in [4.78, 5) is 22.0. The minimum atomic E-state index is -5.08. The number of hydrogen-bond acceptors (Lipinski definition) is 4. The van der Waals surface area contributed by atoms with E-state index in [2.05, 4.69) is 31.8 Å². The van der Waals surface area contributed by atoms with Crippen molar-refractivity contribution >= 4 is 23.3 Å². The third kappa shape index (κ3) is 7.80. The average molecular weight is 353 g/mol. The summed E-state index contributed by atoms with van der Waals surface area (Å²) in [6.45, 7) is 9.98. The monoisotopic (exact) mass is 353 g/mol. The molecule has 0 saturated heterocycles. The van der Waals surface area contributed by atoms with Gasteiger partial charge in [0.2, 0.25) is 0 Å². The predicted molar refractivity (Wildman–Crippen MR) is 80.7 cm³/mol. The minimum Gasteiger partial charge on any atom is -0.478 e. The molecule has 0 aliphatic rings. The van der Waals surface area contributed by atoms with Crippen LogP contribution in [0.4, 0.5) is 13.2 Å². The van der Waals surface area contributed by atoms with E-state index < -0.39 is 18.1 Å². The maximum Gasteiger partial charge on any atom is 0.490 e. The number of carbonyl (C=O) groups is 2. The van der Waals surface area contributed by atoms with Crippen LogP contribution in [0.2, 0.25) is 0 Å². The Labute approximate surface area is 135 Å². The van der Waals surface area contributed by atoms with Gasteiger partial charge in [-0.1, -0.05) is 6.58 Å². The molecule has 130 valence electrons. The molecular formula is C14H18F3NO4S. The molecule has 5 nitrogen and oxygen atoms in total. The number of rotatable bonds is 5. The maximum atomic E-state index is 10.6. The van der Waals surface area contributed by atoms with Crippen LogP contribution in [0.25, 0.3) is 0 Å². The quantitative estimate of drug-likeness (QED) is 0.707. The molecule has 0 fully saturated rings. The lowest BCUT2D eigenvalue weighted by Crippen LogP contribution is -2.23. The predicted octanol–water partition coefficient (Wildman–Crippen LogP) is 3.29. The van der Waals surface area contributed by atoms with E-state index in [0.29, 0.717) is 6.54 Å². The number of nitrogens with one attached hydrogen (secondary N) is 1. The number of carboxylic acid groups (broad SMARTS) is 2. The maximum absolute atomic E-state index is 10.6. The summed E-state index contributed by atoms with van der Waals surface area (Å²) in [5.74, 6) is -3.70. The van der Waals surface area contributed by atoms with Crippen molar-refractivity contribution in [3.8, 4) is 0 Å². The molecule has 3 N–H and O–H groups in total. The van der Waals surface area contributed by atoms with Gasteiger partial charge < -0.3 is 15.5 Å². The Balaban J connectivity index is 0.000000585. The van der Waals surface area contributed by atoms with E-state index in [9.17, 15) is 18.0 Å². The van der Waals surface area contributed by atoms with Crippen LogP contribution in [-0.2, 0) is 9.59 Å². The first kappa shape index (κ1) is 21.1. The summed E-state index contributed by atoms with van der Waals surface area (Å²) in [5.41, 5.74) is 1.43. The Morgan fingerprint density at radius 1 is 1.35 bits per heavy atom. The first-order valence-electron chi connectivity index (χ1n) is 6.37. The first-order chi connectivity index (χ1) is 10.4. The van der Waals surface area contributed by atoms with Crippen molar-refractivity contribution < 1.29 is 33.0 Å². The highest BCUT2D eigenvalue weighted by atomic mass is 32.1. The van der Waals surface area contributed by atoms with E-state index in [-0.39, 0.29) is 11.6 Å². The van der Waals surface area contributed by atoms with Gasteiger partial charge in [0.05, 0.1) is 0 Å². The zero-order valence-electron chi connectivity index (χ0n) is 12.8. The van der Waals surface area contributed by atoms with Crippen LogP contribution in [0, 0.1) is 13.8 Å². The number of halogens is 3. The van der Waals surface area contributed by atoms with Crippen LogP contribution in [0.3, 0.4) is 0 Å². The highest BCUT2D eigenvalue weighted by molar-refractivity contribution is 7.12. The van der Waals surface area contributed by atoms with E-state index in [4.69, 9.17) is 15.0 Å². The number of thiophene rings is 1. The zero-order chi connectivity index (χ0) is 18.4. The van der Waals surface area contributed by atoms with Crippen molar-refractivity contribution in [2.75, 3.05) is 6.54 Å². The normalized spacial score (nSPS) is 12.1. The molecule has 9 heteroatoms. The van der Waals surface area contributed by atoms with Crippen LogP contribution in [0.5, 0.6) is 0 Å². The van der Waals surface area contributed by atoms with Crippen molar-refractivity contribution in [1.82, 2.24) is 5.32 Å². The van der Waals surface area contributed by atoms with Crippen LogP contribution in [0.15, 0.2) is 18.2 Å². The van der Waals surface area contributed by atoms with Gasteiger partial charge in [0.15, 0.2) is 0 Å². The molecule has 1 heterocycles. The van der Waals surface area contributed by atoms with E-state index in [1.807, 2.05) is 6.92 Å². The summed E-state index contributed by atoms with van der Waals surface area (Å²) in [6, 6.07) is 2.29.